The van der Waals surface area contributed by atoms with Crippen molar-refractivity contribution in [3.05, 3.63) is 34.8 Å². The van der Waals surface area contributed by atoms with E-state index in [0.29, 0.717) is 22.4 Å². The van der Waals surface area contributed by atoms with E-state index in [1.54, 1.807) is 24.7 Å². The van der Waals surface area contributed by atoms with Gasteiger partial charge in [0.25, 0.3) is 11.8 Å². The number of hydrogen-bond acceptors (Lipinski definition) is 5. The molecule has 0 radical (unpaired) electrons. The van der Waals surface area contributed by atoms with Crippen LogP contribution >= 0.6 is 11.3 Å². The molecule has 0 aliphatic carbocycles. The van der Waals surface area contributed by atoms with Crippen LogP contribution in [0.4, 0.5) is 8.78 Å². The van der Waals surface area contributed by atoms with Gasteiger partial charge in [-0.1, -0.05) is 6.07 Å². The molecule has 3 aromatic rings. The van der Waals surface area contributed by atoms with E-state index in [2.05, 4.69) is 15.4 Å². The Morgan fingerprint density at radius 2 is 2.24 bits per heavy atom. The maximum Gasteiger partial charge on any atom is 0.277 e. The van der Waals surface area contributed by atoms with Crippen LogP contribution in [0.1, 0.15) is 16.1 Å². The number of aromatic nitrogens is 3. The number of amides is 1. The Morgan fingerprint density at radius 1 is 1.48 bits per heavy atom. The summed E-state index contributed by atoms with van der Waals surface area (Å²) < 4.78 is 28.3. The maximum absolute atomic E-state index is 13.4. The largest absolute Gasteiger partial charge is 0.346 e. The molecule has 3 rings (SSSR count). The highest BCUT2D eigenvalue weighted by Crippen LogP contribution is 2.29. The van der Waals surface area contributed by atoms with E-state index in [1.165, 1.54) is 11.3 Å². The number of carbonyl (C=O) groups is 1. The number of fused-ring (bicyclic) bond motifs is 1. The van der Waals surface area contributed by atoms with Crippen LogP contribution in [0.5, 0.6) is 0 Å². The summed E-state index contributed by atoms with van der Waals surface area (Å²) in [5, 5.41) is 9.00. The van der Waals surface area contributed by atoms with Gasteiger partial charge in [0, 0.05) is 7.05 Å². The van der Waals surface area contributed by atoms with E-state index in [-0.39, 0.29) is 5.56 Å². The molecule has 3 N–H and O–H groups in total. The molecule has 132 valence electrons. The van der Waals surface area contributed by atoms with Gasteiger partial charge in [-0.2, -0.15) is 5.10 Å². The minimum absolute atomic E-state index is 0.270. The fraction of sp³-hybridized carbons (Fsp3) is 0.312. The normalized spacial score (nSPS) is 11.9. The highest BCUT2D eigenvalue weighted by Gasteiger charge is 2.28. The molecule has 0 fully saturated rings. The lowest BCUT2D eigenvalue weighted by atomic mass is 10.1. The lowest BCUT2D eigenvalue weighted by Gasteiger charge is -2.15. The maximum atomic E-state index is 13.4. The molecule has 0 saturated carbocycles. The molecular weight excluding hydrogens is 348 g/mol. The molecule has 0 aliphatic rings. The van der Waals surface area contributed by atoms with Crippen LogP contribution in [0.25, 0.3) is 21.6 Å². The predicted molar refractivity (Wildman–Crippen MR) is 92.9 cm³/mol. The Labute approximate surface area is 146 Å². The molecule has 0 aromatic carbocycles. The van der Waals surface area contributed by atoms with Crippen LogP contribution in [0.2, 0.25) is 0 Å². The van der Waals surface area contributed by atoms with Crippen molar-refractivity contribution in [2.75, 3.05) is 13.1 Å². The molecule has 6 nitrogen and oxygen atoms in total. The molecule has 0 unspecified atom stereocenters. The fourth-order valence-electron chi connectivity index (χ4n) is 2.55. The topological polar surface area (TPSA) is 85.8 Å². The number of nitrogens with zero attached hydrogens (tertiary/aromatic N) is 3. The summed E-state index contributed by atoms with van der Waals surface area (Å²) in [6, 6.07) is 5.37. The monoisotopic (exact) mass is 365 g/mol. The minimum Gasteiger partial charge on any atom is -0.346 e. The standard InChI is InChI=1S/C16H17F2N5OS/c1-9-13-10(15(24)20-8-16(17,18)7-19)6-11(12-4-3-5-25-12)21-14(13)23(2)22-9/h3-6H,7-8,19H2,1-2H3,(H,20,24). The van der Waals surface area contributed by atoms with Crippen molar-refractivity contribution < 1.29 is 13.6 Å². The van der Waals surface area contributed by atoms with Crippen LogP contribution in [0.15, 0.2) is 23.6 Å². The summed E-state index contributed by atoms with van der Waals surface area (Å²) in [6.45, 7) is 0.102. The van der Waals surface area contributed by atoms with Gasteiger partial charge in [0.05, 0.1) is 40.3 Å². The Morgan fingerprint density at radius 3 is 2.88 bits per heavy atom. The van der Waals surface area contributed by atoms with E-state index < -0.39 is 24.9 Å². The third-order valence-corrected chi connectivity index (χ3v) is 4.69. The minimum atomic E-state index is -3.15. The Kier molecular flexibility index (Phi) is 4.53. The third kappa shape index (κ3) is 3.38. The molecule has 0 spiro atoms. The number of alkyl halides is 2. The van der Waals surface area contributed by atoms with Gasteiger partial charge >= 0.3 is 0 Å². The Bertz CT molecular complexity index is 920. The van der Waals surface area contributed by atoms with E-state index in [0.717, 1.165) is 4.88 Å². The van der Waals surface area contributed by atoms with Gasteiger partial charge in [-0.3, -0.25) is 9.48 Å². The van der Waals surface area contributed by atoms with Crippen LogP contribution in [0.3, 0.4) is 0 Å². The summed E-state index contributed by atoms with van der Waals surface area (Å²) in [6.07, 6.45) is 0. The molecule has 0 bridgehead atoms. The number of nitrogens with two attached hydrogens (primary N) is 1. The van der Waals surface area contributed by atoms with Gasteiger partial charge in [0.1, 0.15) is 0 Å². The number of halogens is 2. The van der Waals surface area contributed by atoms with E-state index >= 15 is 0 Å². The molecule has 0 saturated heterocycles. The van der Waals surface area contributed by atoms with Gasteiger partial charge < -0.3 is 11.1 Å². The number of aryl methyl sites for hydroxylation is 2. The molecule has 25 heavy (non-hydrogen) atoms. The first-order valence-corrected chi connectivity index (χ1v) is 8.44. The molecule has 9 heteroatoms. The smallest absolute Gasteiger partial charge is 0.277 e. The van der Waals surface area contributed by atoms with Crippen molar-refractivity contribution in [1.29, 1.82) is 0 Å². The molecule has 0 aliphatic heterocycles. The first kappa shape index (κ1) is 17.4. The quantitative estimate of drug-likeness (QED) is 0.727. The van der Waals surface area contributed by atoms with Gasteiger partial charge in [-0.05, 0) is 24.4 Å². The second-order valence-corrected chi connectivity index (χ2v) is 6.63. The molecule has 1 amide bonds. The second-order valence-electron chi connectivity index (χ2n) is 5.68. The SMILES string of the molecule is Cc1nn(C)c2nc(-c3cccs3)cc(C(=O)NCC(F)(F)CN)c12. The number of thiophene rings is 1. The average molecular weight is 365 g/mol. The van der Waals surface area contributed by atoms with Crippen LogP contribution in [-0.4, -0.2) is 39.7 Å². The van der Waals surface area contributed by atoms with Crippen molar-refractivity contribution in [1.82, 2.24) is 20.1 Å². The van der Waals surface area contributed by atoms with Crippen LogP contribution < -0.4 is 11.1 Å². The van der Waals surface area contributed by atoms with E-state index in [1.807, 2.05) is 17.5 Å². The number of hydrogen-bond donors (Lipinski definition) is 2. The summed E-state index contributed by atoms with van der Waals surface area (Å²) in [7, 11) is 1.73. The summed E-state index contributed by atoms with van der Waals surface area (Å²) >= 11 is 1.48. The van der Waals surface area contributed by atoms with Crippen molar-refractivity contribution >= 4 is 28.3 Å². The zero-order valence-electron chi connectivity index (χ0n) is 13.7. The molecular formula is C16H17F2N5OS. The average Bonchev–Trinajstić information content (AvgIpc) is 3.21. The van der Waals surface area contributed by atoms with Crippen molar-refractivity contribution in [2.45, 2.75) is 12.8 Å². The first-order chi connectivity index (χ1) is 11.8. The lowest BCUT2D eigenvalue weighted by Crippen LogP contribution is -2.41. The van der Waals surface area contributed by atoms with Gasteiger partial charge in [-0.15, -0.1) is 11.3 Å². The molecule has 3 heterocycles. The van der Waals surface area contributed by atoms with Crippen molar-refractivity contribution in [2.24, 2.45) is 12.8 Å². The van der Waals surface area contributed by atoms with E-state index in [9.17, 15) is 13.6 Å². The zero-order chi connectivity index (χ0) is 18.2. The summed E-state index contributed by atoms with van der Waals surface area (Å²) in [5.74, 6) is -3.75. The summed E-state index contributed by atoms with van der Waals surface area (Å²) in [5.41, 5.74) is 7.02. The predicted octanol–water partition coefficient (Wildman–Crippen LogP) is 2.33. The number of nitrogens with one attached hydrogen (secondary N) is 1. The Balaban J connectivity index is 2.07. The van der Waals surface area contributed by atoms with Gasteiger partial charge in [-0.25, -0.2) is 13.8 Å². The highest BCUT2D eigenvalue weighted by atomic mass is 32.1. The van der Waals surface area contributed by atoms with Gasteiger partial charge in [0.15, 0.2) is 5.65 Å². The first-order valence-electron chi connectivity index (χ1n) is 7.57. The molecule has 3 aromatic heterocycles. The number of pyridine rings is 1. The summed E-state index contributed by atoms with van der Waals surface area (Å²) in [4.78, 5) is 18.0. The van der Waals surface area contributed by atoms with E-state index in [4.69, 9.17) is 5.73 Å². The van der Waals surface area contributed by atoms with Crippen LogP contribution in [0, 0.1) is 6.92 Å². The second kappa shape index (κ2) is 6.49. The third-order valence-electron chi connectivity index (χ3n) is 3.79. The highest BCUT2D eigenvalue weighted by molar-refractivity contribution is 7.13. The molecule has 0 atom stereocenters. The van der Waals surface area contributed by atoms with Crippen molar-refractivity contribution in [3.8, 4) is 10.6 Å². The van der Waals surface area contributed by atoms with Crippen molar-refractivity contribution in [3.63, 3.8) is 0 Å². The van der Waals surface area contributed by atoms with Gasteiger partial charge in [0.2, 0.25) is 0 Å². The number of rotatable bonds is 5. The number of carbonyl (C=O) groups excluding carboxylic acids is 1. The van der Waals surface area contributed by atoms with Crippen LogP contribution in [-0.2, 0) is 7.05 Å². The zero-order valence-corrected chi connectivity index (χ0v) is 14.5. The fourth-order valence-corrected chi connectivity index (χ4v) is 3.24. The lowest BCUT2D eigenvalue weighted by molar-refractivity contribution is 0.0119. The Hall–Kier alpha value is -2.39.